The molecule has 1 nitrogen and oxygen atoms in total. The Morgan fingerprint density at radius 3 is 2.47 bits per heavy atom. The lowest BCUT2D eigenvalue weighted by Crippen LogP contribution is -2.36. The molecular weight excluding hydrogens is 274 g/mol. The van der Waals surface area contributed by atoms with Gasteiger partial charge >= 0.3 is 0 Å². The average Bonchev–Trinajstić information content (AvgIpc) is 2.32. The number of benzene rings is 1. The summed E-state index contributed by atoms with van der Waals surface area (Å²) in [7, 11) is 0. The quantitative estimate of drug-likeness (QED) is 0.782. The Balaban J connectivity index is 1.77. The van der Waals surface area contributed by atoms with E-state index in [0.29, 0.717) is 0 Å². The molecule has 94 valence electrons. The highest BCUT2D eigenvalue weighted by molar-refractivity contribution is 9.10. The molecule has 1 aromatic carbocycles. The topological polar surface area (TPSA) is 12.0 Å². The molecule has 2 heteroatoms. The Morgan fingerprint density at radius 1 is 1.18 bits per heavy atom. The van der Waals surface area contributed by atoms with Crippen LogP contribution in [0, 0.1) is 11.8 Å². The second-order valence-electron chi connectivity index (χ2n) is 5.13. The molecule has 0 amide bonds. The Hall–Kier alpha value is -0.340. The van der Waals surface area contributed by atoms with Gasteiger partial charge in [-0.3, -0.25) is 0 Å². The first-order valence-electron chi connectivity index (χ1n) is 6.74. The molecule has 2 atom stereocenters. The molecule has 1 saturated carbocycles. The molecular formula is C15H22BrN. The maximum atomic E-state index is 3.55. The van der Waals surface area contributed by atoms with Crippen molar-refractivity contribution in [2.24, 2.45) is 11.8 Å². The number of halogens is 1. The lowest BCUT2D eigenvalue weighted by molar-refractivity contribution is 0.171. The standard InChI is InChI=1S/C15H22BrN/c1-2-9-17-11-14-6-5-13(14)10-12-3-7-15(16)8-4-12/h3-4,7-8,13-14,17H,2,5-6,9-11H2,1H3. The van der Waals surface area contributed by atoms with E-state index in [4.69, 9.17) is 0 Å². The van der Waals surface area contributed by atoms with Gasteiger partial charge in [-0.15, -0.1) is 0 Å². The van der Waals surface area contributed by atoms with Crippen molar-refractivity contribution in [2.45, 2.75) is 32.6 Å². The third kappa shape index (κ3) is 3.82. The van der Waals surface area contributed by atoms with Crippen molar-refractivity contribution < 1.29 is 0 Å². The van der Waals surface area contributed by atoms with Gasteiger partial charge in [0.1, 0.15) is 0 Å². The van der Waals surface area contributed by atoms with Crippen LogP contribution in [0.25, 0.3) is 0 Å². The molecule has 0 aliphatic heterocycles. The zero-order valence-electron chi connectivity index (χ0n) is 10.6. The summed E-state index contributed by atoms with van der Waals surface area (Å²) in [5.41, 5.74) is 1.48. The maximum absolute atomic E-state index is 3.55. The van der Waals surface area contributed by atoms with Crippen molar-refractivity contribution in [3.05, 3.63) is 34.3 Å². The molecule has 1 aromatic rings. The summed E-state index contributed by atoms with van der Waals surface area (Å²) < 4.78 is 1.18. The van der Waals surface area contributed by atoms with Gasteiger partial charge in [0.05, 0.1) is 0 Å². The molecule has 2 unspecified atom stereocenters. The molecule has 0 bridgehead atoms. The SMILES string of the molecule is CCCNCC1CCC1Cc1ccc(Br)cc1. The lowest BCUT2D eigenvalue weighted by Gasteiger charge is -2.37. The zero-order chi connectivity index (χ0) is 12.1. The summed E-state index contributed by atoms with van der Waals surface area (Å²) in [4.78, 5) is 0. The fourth-order valence-electron chi connectivity index (χ4n) is 2.56. The van der Waals surface area contributed by atoms with Crippen LogP contribution in [0.1, 0.15) is 31.7 Å². The van der Waals surface area contributed by atoms with Crippen LogP contribution in [0.5, 0.6) is 0 Å². The van der Waals surface area contributed by atoms with Crippen molar-refractivity contribution in [3.63, 3.8) is 0 Å². The van der Waals surface area contributed by atoms with E-state index in [-0.39, 0.29) is 0 Å². The first-order chi connectivity index (χ1) is 8.29. The van der Waals surface area contributed by atoms with Gasteiger partial charge in [-0.05, 0) is 68.3 Å². The molecule has 1 N–H and O–H groups in total. The van der Waals surface area contributed by atoms with E-state index in [9.17, 15) is 0 Å². The third-order valence-corrected chi connectivity index (χ3v) is 4.35. The first kappa shape index (κ1) is 13.1. The van der Waals surface area contributed by atoms with Gasteiger partial charge in [-0.1, -0.05) is 35.0 Å². The van der Waals surface area contributed by atoms with E-state index >= 15 is 0 Å². The first-order valence-corrected chi connectivity index (χ1v) is 7.54. The minimum atomic E-state index is 0.903. The van der Waals surface area contributed by atoms with Crippen LogP contribution < -0.4 is 5.32 Å². The van der Waals surface area contributed by atoms with Gasteiger partial charge in [-0.25, -0.2) is 0 Å². The predicted octanol–water partition coefficient (Wildman–Crippen LogP) is 4.02. The molecule has 0 saturated heterocycles. The number of rotatable bonds is 6. The highest BCUT2D eigenvalue weighted by atomic mass is 79.9. The van der Waals surface area contributed by atoms with Crippen LogP contribution in [0.4, 0.5) is 0 Å². The number of hydrogen-bond acceptors (Lipinski definition) is 1. The van der Waals surface area contributed by atoms with Gasteiger partial charge < -0.3 is 5.32 Å². The van der Waals surface area contributed by atoms with Gasteiger partial charge in [0, 0.05) is 4.47 Å². The fraction of sp³-hybridized carbons (Fsp3) is 0.600. The molecule has 1 aliphatic rings. The maximum Gasteiger partial charge on any atom is 0.0175 e. The average molecular weight is 296 g/mol. The van der Waals surface area contributed by atoms with Crippen LogP contribution in [-0.4, -0.2) is 13.1 Å². The summed E-state index contributed by atoms with van der Waals surface area (Å²) in [5, 5.41) is 3.55. The minimum absolute atomic E-state index is 0.903. The molecule has 1 aliphatic carbocycles. The summed E-state index contributed by atoms with van der Waals surface area (Å²) >= 11 is 3.49. The predicted molar refractivity (Wildman–Crippen MR) is 77.2 cm³/mol. The fourth-order valence-corrected chi connectivity index (χ4v) is 2.83. The monoisotopic (exact) mass is 295 g/mol. The number of nitrogens with one attached hydrogen (secondary N) is 1. The van der Waals surface area contributed by atoms with Gasteiger partial charge in [0.2, 0.25) is 0 Å². The molecule has 0 heterocycles. The van der Waals surface area contributed by atoms with Crippen LogP contribution in [0.3, 0.4) is 0 Å². The van der Waals surface area contributed by atoms with Gasteiger partial charge in [-0.2, -0.15) is 0 Å². The van der Waals surface area contributed by atoms with Crippen molar-refractivity contribution in [1.29, 1.82) is 0 Å². The Kier molecular flexibility index (Phi) is 5.05. The minimum Gasteiger partial charge on any atom is -0.316 e. The summed E-state index contributed by atoms with van der Waals surface area (Å²) in [6.07, 6.45) is 5.32. The van der Waals surface area contributed by atoms with E-state index in [1.54, 1.807) is 0 Å². The highest BCUT2D eigenvalue weighted by Crippen LogP contribution is 2.36. The molecule has 1 fully saturated rings. The van der Waals surface area contributed by atoms with Crippen molar-refractivity contribution >= 4 is 15.9 Å². The van der Waals surface area contributed by atoms with Crippen molar-refractivity contribution in [2.75, 3.05) is 13.1 Å². The second-order valence-corrected chi connectivity index (χ2v) is 6.05. The number of hydrogen-bond donors (Lipinski definition) is 1. The van der Waals surface area contributed by atoms with Crippen LogP contribution in [0.15, 0.2) is 28.7 Å². The Morgan fingerprint density at radius 2 is 1.88 bits per heavy atom. The summed E-state index contributed by atoms with van der Waals surface area (Å²) in [6.45, 7) is 4.61. The van der Waals surface area contributed by atoms with Crippen molar-refractivity contribution in [1.82, 2.24) is 5.32 Å². The lowest BCUT2D eigenvalue weighted by atomic mass is 9.70. The zero-order valence-corrected chi connectivity index (χ0v) is 12.2. The van der Waals surface area contributed by atoms with E-state index in [0.717, 1.165) is 11.8 Å². The van der Waals surface area contributed by atoms with E-state index in [2.05, 4.69) is 52.4 Å². The molecule has 0 radical (unpaired) electrons. The Bertz CT molecular complexity index is 333. The van der Waals surface area contributed by atoms with Gasteiger partial charge in [0.15, 0.2) is 0 Å². The Labute approximate surface area is 113 Å². The smallest absolute Gasteiger partial charge is 0.0175 e. The summed E-state index contributed by atoms with van der Waals surface area (Å²) in [5.74, 6) is 1.81. The van der Waals surface area contributed by atoms with Crippen molar-refractivity contribution in [3.8, 4) is 0 Å². The van der Waals surface area contributed by atoms with E-state index < -0.39 is 0 Å². The second kappa shape index (κ2) is 6.55. The van der Waals surface area contributed by atoms with Gasteiger partial charge in [0.25, 0.3) is 0 Å². The molecule has 17 heavy (non-hydrogen) atoms. The third-order valence-electron chi connectivity index (χ3n) is 3.82. The summed E-state index contributed by atoms with van der Waals surface area (Å²) in [6, 6.07) is 8.80. The largest absolute Gasteiger partial charge is 0.316 e. The van der Waals surface area contributed by atoms with Crippen LogP contribution >= 0.6 is 15.9 Å². The highest BCUT2D eigenvalue weighted by Gasteiger charge is 2.29. The molecule has 0 spiro atoms. The van der Waals surface area contributed by atoms with Crippen LogP contribution in [0.2, 0.25) is 0 Å². The normalized spacial score (nSPS) is 23.4. The van der Waals surface area contributed by atoms with Crippen LogP contribution in [-0.2, 0) is 6.42 Å². The molecule has 0 aromatic heterocycles. The van der Waals surface area contributed by atoms with E-state index in [1.807, 2.05) is 0 Å². The van der Waals surface area contributed by atoms with E-state index in [1.165, 1.54) is 48.8 Å². The molecule has 2 rings (SSSR count).